The fourth-order valence-corrected chi connectivity index (χ4v) is 1.56. The van der Waals surface area contributed by atoms with Crippen LogP contribution in [0.15, 0.2) is 5.11 Å². The Morgan fingerprint density at radius 1 is 1.44 bits per heavy atom. The number of azide groups is 1. The molecule has 0 aliphatic rings. The maximum absolute atomic E-state index is 11.6. The number of carbonyl (C=O) groups is 1. The number of ketones is 1. The molecule has 1 N–H and O–H groups in total. The van der Waals surface area contributed by atoms with Crippen LogP contribution in [0, 0.1) is 0 Å². The first kappa shape index (κ1) is 14.9. The second-order valence-corrected chi connectivity index (χ2v) is 4.14. The van der Waals surface area contributed by atoms with Gasteiger partial charge >= 0.3 is 0 Å². The van der Waals surface area contributed by atoms with Gasteiger partial charge in [0.15, 0.2) is 0 Å². The predicted octanol–water partition coefficient (Wildman–Crippen LogP) is 2.81. The van der Waals surface area contributed by atoms with E-state index in [4.69, 9.17) is 5.53 Å². The Morgan fingerprint density at radius 2 is 2.12 bits per heavy atom. The largest absolute Gasteiger partial charge is 0.305 e. The lowest BCUT2D eigenvalue weighted by molar-refractivity contribution is -0.121. The molecule has 0 aromatic heterocycles. The normalized spacial score (nSPS) is 12.2. The number of rotatable bonds is 9. The summed E-state index contributed by atoms with van der Waals surface area (Å²) in [6.07, 6.45) is 3.15. The van der Waals surface area contributed by atoms with Crippen molar-refractivity contribution in [2.45, 2.75) is 58.5 Å². The molecule has 0 heterocycles. The number of hydrogen-bond acceptors (Lipinski definition) is 3. The van der Waals surface area contributed by atoms with Gasteiger partial charge in [0.05, 0.1) is 6.04 Å². The molecule has 0 unspecified atom stereocenters. The van der Waals surface area contributed by atoms with Crippen molar-refractivity contribution in [1.29, 1.82) is 0 Å². The summed E-state index contributed by atoms with van der Waals surface area (Å²) in [6.45, 7) is 6.48. The standard InChI is InChI=1S/C11H22N4O/c1-4-11(16)10(14-9(2)3)7-5-6-8-13-15-12/h9-10,14H,4-8H2,1-3H3/t10-/m0/s1. The van der Waals surface area contributed by atoms with Gasteiger partial charge in [0, 0.05) is 23.9 Å². The monoisotopic (exact) mass is 226 g/mol. The van der Waals surface area contributed by atoms with Crippen molar-refractivity contribution in [3.05, 3.63) is 10.4 Å². The van der Waals surface area contributed by atoms with Crippen molar-refractivity contribution in [2.75, 3.05) is 6.54 Å². The van der Waals surface area contributed by atoms with Crippen LogP contribution in [-0.4, -0.2) is 24.4 Å². The minimum Gasteiger partial charge on any atom is -0.305 e. The smallest absolute Gasteiger partial charge is 0.149 e. The highest BCUT2D eigenvalue weighted by molar-refractivity contribution is 5.83. The lowest BCUT2D eigenvalue weighted by atomic mass is 10.0. The summed E-state index contributed by atoms with van der Waals surface area (Å²) in [5.74, 6) is 0.262. The van der Waals surface area contributed by atoms with E-state index in [0.717, 1.165) is 19.3 Å². The molecule has 5 heteroatoms. The van der Waals surface area contributed by atoms with Crippen LogP contribution in [0.2, 0.25) is 0 Å². The number of hydrogen-bond donors (Lipinski definition) is 1. The van der Waals surface area contributed by atoms with E-state index in [-0.39, 0.29) is 11.8 Å². The van der Waals surface area contributed by atoms with Crippen LogP contribution in [-0.2, 0) is 4.79 Å². The summed E-state index contributed by atoms with van der Waals surface area (Å²) in [7, 11) is 0. The molecular weight excluding hydrogens is 204 g/mol. The van der Waals surface area contributed by atoms with Gasteiger partial charge in [-0.15, -0.1) is 0 Å². The van der Waals surface area contributed by atoms with Crippen molar-refractivity contribution < 1.29 is 4.79 Å². The summed E-state index contributed by atoms with van der Waals surface area (Å²) in [4.78, 5) is 14.3. The minimum atomic E-state index is -0.0453. The van der Waals surface area contributed by atoms with Crippen LogP contribution >= 0.6 is 0 Å². The zero-order chi connectivity index (χ0) is 12.4. The summed E-state index contributed by atoms with van der Waals surface area (Å²) in [5, 5.41) is 6.74. The maximum atomic E-state index is 11.6. The van der Waals surface area contributed by atoms with Gasteiger partial charge in [-0.2, -0.15) is 0 Å². The van der Waals surface area contributed by atoms with Crippen molar-refractivity contribution >= 4 is 5.78 Å². The second kappa shape index (κ2) is 9.19. The van der Waals surface area contributed by atoms with E-state index in [1.165, 1.54) is 0 Å². The van der Waals surface area contributed by atoms with Gasteiger partial charge in [0.2, 0.25) is 0 Å². The molecule has 0 aromatic rings. The molecule has 0 radical (unpaired) electrons. The van der Waals surface area contributed by atoms with Gasteiger partial charge in [-0.05, 0) is 18.4 Å². The Kier molecular flexibility index (Phi) is 8.58. The fourth-order valence-electron chi connectivity index (χ4n) is 1.56. The van der Waals surface area contributed by atoms with E-state index in [2.05, 4.69) is 15.3 Å². The third kappa shape index (κ3) is 7.26. The van der Waals surface area contributed by atoms with Crippen LogP contribution in [0.1, 0.15) is 46.5 Å². The Hall–Kier alpha value is -1.06. The van der Waals surface area contributed by atoms with E-state index >= 15 is 0 Å². The van der Waals surface area contributed by atoms with Crippen molar-refractivity contribution in [1.82, 2.24) is 5.32 Å². The van der Waals surface area contributed by atoms with E-state index in [9.17, 15) is 4.79 Å². The number of nitrogens with one attached hydrogen (secondary N) is 1. The third-order valence-electron chi connectivity index (χ3n) is 2.34. The van der Waals surface area contributed by atoms with Crippen LogP contribution in [0.3, 0.4) is 0 Å². The molecule has 1 atom stereocenters. The van der Waals surface area contributed by atoms with Crippen LogP contribution in [0.4, 0.5) is 0 Å². The van der Waals surface area contributed by atoms with E-state index in [1.807, 2.05) is 20.8 Å². The first-order valence-electron chi connectivity index (χ1n) is 5.91. The minimum absolute atomic E-state index is 0.0453. The van der Waals surface area contributed by atoms with Crippen molar-refractivity contribution in [3.63, 3.8) is 0 Å². The maximum Gasteiger partial charge on any atom is 0.149 e. The quantitative estimate of drug-likeness (QED) is 0.284. The van der Waals surface area contributed by atoms with Gasteiger partial charge in [-0.25, -0.2) is 0 Å². The third-order valence-corrected chi connectivity index (χ3v) is 2.34. The number of carbonyl (C=O) groups excluding carboxylic acids is 1. The van der Waals surface area contributed by atoms with E-state index < -0.39 is 0 Å². The zero-order valence-corrected chi connectivity index (χ0v) is 10.4. The summed E-state index contributed by atoms with van der Waals surface area (Å²) in [6, 6.07) is 0.272. The molecule has 0 saturated carbocycles. The summed E-state index contributed by atoms with van der Waals surface area (Å²) >= 11 is 0. The average Bonchev–Trinajstić information content (AvgIpc) is 2.25. The summed E-state index contributed by atoms with van der Waals surface area (Å²) < 4.78 is 0. The first-order chi connectivity index (χ1) is 7.61. The molecule has 0 fully saturated rings. The van der Waals surface area contributed by atoms with Gasteiger partial charge < -0.3 is 5.32 Å². The zero-order valence-electron chi connectivity index (χ0n) is 10.4. The molecule has 16 heavy (non-hydrogen) atoms. The van der Waals surface area contributed by atoms with Crippen LogP contribution in [0.5, 0.6) is 0 Å². The molecule has 0 amide bonds. The molecule has 5 nitrogen and oxygen atoms in total. The van der Waals surface area contributed by atoms with Crippen LogP contribution < -0.4 is 5.32 Å². The van der Waals surface area contributed by atoms with Gasteiger partial charge in [0.1, 0.15) is 5.78 Å². The average molecular weight is 226 g/mol. The number of unbranched alkanes of at least 4 members (excludes halogenated alkanes) is 1. The lowest BCUT2D eigenvalue weighted by Gasteiger charge is -2.19. The van der Waals surface area contributed by atoms with Gasteiger partial charge in [-0.3, -0.25) is 4.79 Å². The molecule has 0 spiro atoms. The lowest BCUT2D eigenvalue weighted by Crippen LogP contribution is -2.40. The first-order valence-corrected chi connectivity index (χ1v) is 5.91. The molecule has 0 aliphatic heterocycles. The van der Waals surface area contributed by atoms with Crippen molar-refractivity contribution in [3.8, 4) is 0 Å². The molecule has 0 aromatic carbocycles. The Bertz CT molecular complexity index is 246. The Labute approximate surface area is 97.2 Å². The van der Waals surface area contributed by atoms with Crippen LogP contribution in [0.25, 0.3) is 10.4 Å². The highest BCUT2D eigenvalue weighted by Gasteiger charge is 2.16. The highest BCUT2D eigenvalue weighted by Crippen LogP contribution is 2.05. The van der Waals surface area contributed by atoms with E-state index in [1.54, 1.807) is 0 Å². The summed E-state index contributed by atoms with van der Waals surface area (Å²) in [5.41, 5.74) is 8.11. The topological polar surface area (TPSA) is 77.9 Å². The molecular formula is C11H22N4O. The van der Waals surface area contributed by atoms with Gasteiger partial charge in [0.25, 0.3) is 0 Å². The number of Topliss-reactive ketones (excluding diaryl/α,β-unsaturated/α-hetero) is 1. The Balaban J connectivity index is 3.91. The molecule has 92 valence electrons. The highest BCUT2D eigenvalue weighted by atomic mass is 16.1. The predicted molar refractivity (Wildman–Crippen MR) is 65.2 cm³/mol. The van der Waals surface area contributed by atoms with Gasteiger partial charge in [-0.1, -0.05) is 32.3 Å². The van der Waals surface area contributed by atoms with Crippen molar-refractivity contribution in [2.24, 2.45) is 5.11 Å². The Morgan fingerprint density at radius 3 is 2.62 bits per heavy atom. The molecule has 0 aliphatic carbocycles. The SMILES string of the molecule is CCC(=O)[C@H](CCCCN=[N+]=[N-])NC(C)C. The van der Waals surface area contributed by atoms with E-state index in [0.29, 0.717) is 19.0 Å². The molecule has 0 saturated heterocycles. The molecule has 0 bridgehead atoms. The number of nitrogens with zero attached hydrogens (tertiary/aromatic N) is 3. The molecule has 0 rings (SSSR count). The second-order valence-electron chi connectivity index (χ2n) is 4.14. The fraction of sp³-hybridized carbons (Fsp3) is 0.909.